The minimum absolute atomic E-state index is 0.0231. The Bertz CT molecular complexity index is 966. The largest absolute Gasteiger partial charge is 0.355 e. The fourth-order valence-electron chi connectivity index (χ4n) is 3.64. The number of piperazine rings is 1. The number of anilines is 2. The van der Waals surface area contributed by atoms with E-state index in [0.717, 1.165) is 43.0 Å². The molecule has 0 atom stereocenters. The van der Waals surface area contributed by atoms with E-state index < -0.39 is 0 Å². The molecule has 1 fully saturated rings. The molecule has 3 rings (SSSR count). The molecule has 0 aromatic heterocycles. The number of hydrogen-bond acceptors (Lipinski definition) is 5. The van der Waals surface area contributed by atoms with Crippen LogP contribution in [0.4, 0.5) is 11.4 Å². The topological polar surface area (TPSA) is 93.8 Å². The second-order valence-electron chi connectivity index (χ2n) is 8.05. The summed E-state index contributed by atoms with van der Waals surface area (Å²) < 4.78 is 0. The first-order valence-corrected chi connectivity index (χ1v) is 10.8. The molecule has 32 heavy (non-hydrogen) atoms. The van der Waals surface area contributed by atoms with Gasteiger partial charge in [-0.1, -0.05) is 12.1 Å². The van der Waals surface area contributed by atoms with Crippen molar-refractivity contribution in [2.75, 3.05) is 56.9 Å². The highest BCUT2D eigenvalue weighted by Gasteiger charge is 2.21. The summed E-state index contributed by atoms with van der Waals surface area (Å²) in [5.74, 6) is -0.285. The molecule has 0 unspecified atom stereocenters. The molecule has 8 nitrogen and oxygen atoms in total. The second kappa shape index (κ2) is 10.9. The van der Waals surface area contributed by atoms with Crippen LogP contribution < -0.4 is 16.0 Å². The first-order valence-electron chi connectivity index (χ1n) is 10.8. The van der Waals surface area contributed by atoms with E-state index in [-0.39, 0.29) is 17.7 Å². The maximum absolute atomic E-state index is 12.4. The predicted molar refractivity (Wildman–Crippen MR) is 126 cm³/mol. The third-order valence-corrected chi connectivity index (χ3v) is 5.74. The number of nitrogens with one attached hydrogen (secondary N) is 3. The Morgan fingerprint density at radius 1 is 0.812 bits per heavy atom. The van der Waals surface area contributed by atoms with Gasteiger partial charge in [0.2, 0.25) is 11.8 Å². The lowest BCUT2D eigenvalue weighted by Gasteiger charge is -2.33. The van der Waals surface area contributed by atoms with Gasteiger partial charge in [-0.15, -0.1) is 0 Å². The van der Waals surface area contributed by atoms with Crippen LogP contribution in [0.5, 0.6) is 0 Å². The Morgan fingerprint density at radius 3 is 1.94 bits per heavy atom. The third kappa shape index (κ3) is 6.38. The third-order valence-electron chi connectivity index (χ3n) is 5.74. The van der Waals surface area contributed by atoms with Crippen molar-refractivity contribution in [3.8, 4) is 0 Å². The maximum Gasteiger partial charge on any atom is 0.251 e. The van der Waals surface area contributed by atoms with Gasteiger partial charge in [0.25, 0.3) is 5.91 Å². The van der Waals surface area contributed by atoms with Crippen molar-refractivity contribution >= 4 is 29.1 Å². The molecule has 1 saturated heterocycles. The van der Waals surface area contributed by atoms with Crippen LogP contribution in [0.3, 0.4) is 0 Å². The first-order chi connectivity index (χ1) is 15.4. The lowest BCUT2D eigenvalue weighted by Crippen LogP contribution is -2.50. The highest BCUT2D eigenvalue weighted by atomic mass is 16.2. The molecule has 0 bridgehead atoms. The Labute approximate surface area is 189 Å². The van der Waals surface area contributed by atoms with Crippen molar-refractivity contribution in [3.05, 3.63) is 59.2 Å². The monoisotopic (exact) mass is 437 g/mol. The van der Waals surface area contributed by atoms with E-state index >= 15 is 0 Å². The zero-order valence-electron chi connectivity index (χ0n) is 18.9. The van der Waals surface area contributed by atoms with Gasteiger partial charge in [-0.05, 0) is 55.3 Å². The summed E-state index contributed by atoms with van der Waals surface area (Å²) in [5, 5.41) is 8.43. The molecular formula is C24H31N5O3. The van der Waals surface area contributed by atoms with E-state index in [0.29, 0.717) is 24.3 Å². The summed E-state index contributed by atoms with van der Waals surface area (Å²) in [5.41, 5.74) is 4.29. The van der Waals surface area contributed by atoms with E-state index in [9.17, 15) is 14.4 Å². The van der Waals surface area contributed by atoms with Crippen LogP contribution in [-0.4, -0.2) is 73.8 Å². The first kappa shape index (κ1) is 23.4. The normalized spacial score (nSPS) is 14.6. The Hall–Kier alpha value is -3.23. The maximum atomic E-state index is 12.4. The molecule has 2 aromatic rings. The van der Waals surface area contributed by atoms with Gasteiger partial charge >= 0.3 is 0 Å². The molecule has 3 amide bonds. The zero-order valence-corrected chi connectivity index (χ0v) is 18.9. The summed E-state index contributed by atoms with van der Waals surface area (Å²) in [6.07, 6.45) is 0. The second-order valence-corrected chi connectivity index (χ2v) is 8.05. The van der Waals surface area contributed by atoms with Gasteiger partial charge in [0.05, 0.1) is 13.1 Å². The lowest BCUT2D eigenvalue weighted by atomic mass is 10.1. The summed E-state index contributed by atoms with van der Waals surface area (Å²) in [7, 11) is 1.58. The predicted octanol–water partition coefficient (Wildman–Crippen LogP) is 1.86. The van der Waals surface area contributed by atoms with Gasteiger partial charge in [-0.25, -0.2) is 0 Å². The fraction of sp³-hybridized carbons (Fsp3) is 0.375. The van der Waals surface area contributed by atoms with E-state index in [1.165, 1.54) is 0 Å². The summed E-state index contributed by atoms with van der Waals surface area (Å²) in [6, 6.07) is 12.7. The molecule has 3 N–H and O–H groups in total. The van der Waals surface area contributed by atoms with Crippen molar-refractivity contribution in [2.45, 2.75) is 13.8 Å². The lowest BCUT2D eigenvalue weighted by molar-refractivity contribution is -0.120. The number of benzene rings is 2. The van der Waals surface area contributed by atoms with Crippen molar-refractivity contribution in [2.24, 2.45) is 0 Å². The van der Waals surface area contributed by atoms with Gasteiger partial charge in [0, 0.05) is 50.2 Å². The van der Waals surface area contributed by atoms with E-state index in [2.05, 4.69) is 25.8 Å². The number of hydrogen-bond donors (Lipinski definition) is 3. The summed E-state index contributed by atoms with van der Waals surface area (Å²) >= 11 is 0. The number of rotatable bonds is 7. The van der Waals surface area contributed by atoms with Gasteiger partial charge in [0.15, 0.2) is 0 Å². The van der Waals surface area contributed by atoms with Gasteiger partial charge < -0.3 is 16.0 Å². The minimum atomic E-state index is -0.163. The van der Waals surface area contributed by atoms with E-state index in [1.54, 1.807) is 31.3 Å². The number of carbonyl (C=O) groups is 3. The number of nitrogens with zero attached hydrogens (tertiary/aromatic N) is 2. The van der Waals surface area contributed by atoms with Crippen LogP contribution in [0.1, 0.15) is 21.5 Å². The van der Waals surface area contributed by atoms with Crippen LogP contribution in [0, 0.1) is 13.8 Å². The van der Waals surface area contributed by atoms with Crippen LogP contribution in [0.2, 0.25) is 0 Å². The SMILES string of the molecule is CNC(=O)c1ccc(NC(=O)CN2CCN(CC(=O)Nc3cccc(C)c3C)CC2)cc1. The van der Waals surface area contributed by atoms with Crippen LogP contribution >= 0.6 is 0 Å². The zero-order chi connectivity index (χ0) is 23.1. The molecule has 0 aliphatic carbocycles. The van der Waals surface area contributed by atoms with Crippen molar-refractivity contribution in [3.63, 3.8) is 0 Å². The molecule has 0 radical (unpaired) electrons. The fourth-order valence-corrected chi connectivity index (χ4v) is 3.64. The number of amides is 3. The highest BCUT2D eigenvalue weighted by molar-refractivity contribution is 5.96. The van der Waals surface area contributed by atoms with Crippen molar-refractivity contribution in [1.29, 1.82) is 0 Å². The van der Waals surface area contributed by atoms with Gasteiger partial charge in [-0.3, -0.25) is 24.2 Å². The Kier molecular flexibility index (Phi) is 7.97. The number of carbonyl (C=O) groups excluding carboxylic acids is 3. The molecule has 1 aliphatic heterocycles. The molecule has 0 saturated carbocycles. The standard InChI is InChI=1S/C24H31N5O3/c1-17-5-4-6-21(18(17)2)27-23(31)16-29-13-11-28(12-14-29)15-22(30)26-20-9-7-19(8-10-20)24(32)25-3/h4-10H,11-16H2,1-3H3,(H,25,32)(H,26,30)(H,27,31). The van der Waals surface area contributed by atoms with Crippen molar-refractivity contribution < 1.29 is 14.4 Å². The Morgan fingerprint density at radius 2 is 1.38 bits per heavy atom. The molecule has 0 spiro atoms. The highest BCUT2D eigenvalue weighted by Crippen LogP contribution is 2.18. The van der Waals surface area contributed by atoms with Crippen LogP contribution in [0.25, 0.3) is 0 Å². The smallest absolute Gasteiger partial charge is 0.251 e. The summed E-state index contributed by atoms with van der Waals surface area (Å²) in [4.78, 5) is 40.6. The van der Waals surface area contributed by atoms with Gasteiger partial charge in [0.1, 0.15) is 0 Å². The quantitative estimate of drug-likeness (QED) is 0.615. The average Bonchev–Trinajstić information content (AvgIpc) is 2.78. The summed E-state index contributed by atoms with van der Waals surface area (Å²) in [6.45, 7) is 7.57. The van der Waals surface area contributed by atoms with Crippen molar-refractivity contribution in [1.82, 2.24) is 15.1 Å². The van der Waals surface area contributed by atoms with E-state index in [1.807, 2.05) is 32.0 Å². The van der Waals surface area contributed by atoms with Gasteiger partial charge in [-0.2, -0.15) is 0 Å². The molecule has 2 aromatic carbocycles. The molecule has 170 valence electrons. The molecule has 8 heteroatoms. The number of aryl methyl sites for hydroxylation is 1. The average molecular weight is 438 g/mol. The minimum Gasteiger partial charge on any atom is -0.355 e. The molecule has 1 heterocycles. The van der Waals surface area contributed by atoms with Crippen LogP contribution in [0.15, 0.2) is 42.5 Å². The molecule has 1 aliphatic rings. The Balaban J connectivity index is 1.40. The van der Waals surface area contributed by atoms with E-state index in [4.69, 9.17) is 0 Å². The molecular weight excluding hydrogens is 406 g/mol. The van der Waals surface area contributed by atoms with Crippen LogP contribution in [-0.2, 0) is 9.59 Å².